The minimum absolute atomic E-state index is 0.393. The van der Waals surface area contributed by atoms with Crippen LogP contribution in [0.5, 0.6) is 0 Å². The molecule has 4 rings (SSSR count). The lowest BCUT2D eigenvalue weighted by Gasteiger charge is -2.23. The molecule has 0 radical (unpaired) electrons. The average molecular weight is 328 g/mol. The molecule has 0 spiro atoms. The van der Waals surface area contributed by atoms with E-state index in [9.17, 15) is 4.79 Å². The number of hydrogen-bond acceptors (Lipinski definition) is 6. The molecule has 0 unspecified atom stereocenters. The molecule has 0 amide bonds. The number of thiophene rings is 1. The van der Waals surface area contributed by atoms with Crippen LogP contribution in [0.25, 0.3) is 16.2 Å². The van der Waals surface area contributed by atoms with E-state index >= 15 is 0 Å². The van der Waals surface area contributed by atoms with E-state index in [0.717, 1.165) is 54.4 Å². The molecule has 1 fully saturated rings. The molecule has 0 atom stereocenters. The number of hydrogen-bond donors (Lipinski definition) is 1. The summed E-state index contributed by atoms with van der Waals surface area (Å²) in [5.74, 6) is 0.829. The van der Waals surface area contributed by atoms with Gasteiger partial charge in [-0.3, -0.25) is 4.79 Å². The third kappa shape index (κ3) is 2.85. The molecule has 4 heterocycles. The lowest BCUT2D eigenvalue weighted by molar-refractivity contribution is 0.0903. The van der Waals surface area contributed by atoms with Gasteiger partial charge in [0.1, 0.15) is 11.5 Å². The SMILES string of the molecule is O=Cc1ccc(-c2cnc3ccc(NC4CCOCC4)nn23)s1. The number of fused-ring (bicyclic) bond motifs is 1. The van der Waals surface area contributed by atoms with Crippen molar-refractivity contribution in [3.63, 3.8) is 0 Å². The van der Waals surface area contributed by atoms with Crippen molar-refractivity contribution in [3.05, 3.63) is 35.3 Å². The van der Waals surface area contributed by atoms with Crippen LogP contribution >= 0.6 is 11.3 Å². The molecule has 0 aromatic carbocycles. The number of carbonyl (C=O) groups excluding carboxylic acids is 1. The summed E-state index contributed by atoms with van der Waals surface area (Å²) >= 11 is 1.44. The molecular formula is C16H16N4O2S. The van der Waals surface area contributed by atoms with Gasteiger partial charge in [-0.15, -0.1) is 16.4 Å². The third-order valence-electron chi connectivity index (χ3n) is 3.93. The zero-order valence-corrected chi connectivity index (χ0v) is 13.3. The Balaban J connectivity index is 1.66. The Labute approximate surface area is 137 Å². The minimum Gasteiger partial charge on any atom is -0.381 e. The zero-order chi connectivity index (χ0) is 15.6. The summed E-state index contributed by atoms with van der Waals surface area (Å²) in [6.45, 7) is 1.58. The van der Waals surface area contributed by atoms with E-state index in [-0.39, 0.29) is 0 Å². The molecule has 1 N–H and O–H groups in total. The number of nitrogens with zero attached hydrogens (tertiary/aromatic N) is 3. The Kier molecular flexibility index (Phi) is 3.80. The predicted octanol–water partition coefficient (Wildman–Crippen LogP) is 2.86. The van der Waals surface area contributed by atoms with Gasteiger partial charge in [0.15, 0.2) is 11.9 Å². The monoisotopic (exact) mass is 328 g/mol. The number of anilines is 1. The number of aldehydes is 1. The summed E-state index contributed by atoms with van der Waals surface area (Å²) in [7, 11) is 0. The molecule has 7 heteroatoms. The quantitative estimate of drug-likeness (QED) is 0.746. The van der Waals surface area contributed by atoms with Gasteiger partial charge in [0, 0.05) is 19.3 Å². The van der Waals surface area contributed by atoms with Crippen molar-refractivity contribution in [2.24, 2.45) is 0 Å². The highest BCUT2D eigenvalue weighted by Crippen LogP contribution is 2.28. The minimum atomic E-state index is 0.393. The standard InChI is InChI=1S/C16H16N4O2S/c21-10-12-1-2-14(23-12)13-9-17-16-4-3-15(19-20(13)16)18-11-5-7-22-8-6-11/h1-4,9-11H,5-8H2,(H,18,19). The summed E-state index contributed by atoms with van der Waals surface area (Å²) < 4.78 is 7.20. The maximum Gasteiger partial charge on any atom is 0.160 e. The molecule has 3 aromatic rings. The first-order valence-corrected chi connectivity index (χ1v) is 8.39. The third-order valence-corrected chi connectivity index (χ3v) is 4.96. The molecule has 3 aromatic heterocycles. The van der Waals surface area contributed by atoms with Crippen LogP contribution in [0, 0.1) is 0 Å². The van der Waals surface area contributed by atoms with Crippen LogP contribution < -0.4 is 5.32 Å². The van der Waals surface area contributed by atoms with Crippen LogP contribution in [0.2, 0.25) is 0 Å². The molecule has 0 saturated carbocycles. The van der Waals surface area contributed by atoms with E-state index in [2.05, 4.69) is 15.4 Å². The first kappa shape index (κ1) is 14.3. The van der Waals surface area contributed by atoms with E-state index in [4.69, 9.17) is 4.74 Å². The molecular weight excluding hydrogens is 312 g/mol. The fourth-order valence-electron chi connectivity index (χ4n) is 2.72. The lowest BCUT2D eigenvalue weighted by atomic mass is 10.1. The van der Waals surface area contributed by atoms with Crippen LogP contribution in [0.4, 0.5) is 5.82 Å². The van der Waals surface area contributed by atoms with Gasteiger partial charge in [0.2, 0.25) is 0 Å². The molecule has 0 aliphatic carbocycles. The van der Waals surface area contributed by atoms with Crippen LogP contribution in [-0.2, 0) is 4.74 Å². The van der Waals surface area contributed by atoms with Crippen LogP contribution in [0.1, 0.15) is 22.5 Å². The summed E-state index contributed by atoms with van der Waals surface area (Å²) in [4.78, 5) is 17.0. The number of imidazole rings is 1. The highest BCUT2D eigenvalue weighted by molar-refractivity contribution is 7.17. The van der Waals surface area contributed by atoms with Crippen LogP contribution in [0.3, 0.4) is 0 Å². The van der Waals surface area contributed by atoms with Crippen LogP contribution in [-0.4, -0.2) is 40.1 Å². The van der Waals surface area contributed by atoms with Crippen molar-refractivity contribution in [1.29, 1.82) is 0 Å². The molecule has 23 heavy (non-hydrogen) atoms. The van der Waals surface area contributed by atoms with Crippen molar-refractivity contribution in [1.82, 2.24) is 14.6 Å². The molecule has 0 bridgehead atoms. The van der Waals surface area contributed by atoms with Crippen molar-refractivity contribution in [2.45, 2.75) is 18.9 Å². The Morgan fingerprint density at radius 3 is 2.91 bits per heavy atom. The average Bonchev–Trinajstić information content (AvgIpc) is 3.21. The van der Waals surface area contributed by atoms with E-state index in [1.807, 2.05) is 28.8 Å². The van der Waals surface area contributed by atoms with Gasteiger partial charge >= 0.3 is 0 Å². The van der Waals surface area contributed by atoms with Gasteiger partial charge in [-0.05, 0) is 37.1 Å². The van der Waals surface area contributed by atoms with E-state index in [1.165, 1.54) is 11.3 Å². The normalized spacial score (nSPS) is 15.8. The first-order chi connectivity index (χ1) is 11.3. The second-order valence-electron chi connectivity index (χ2n) is 5.48. The number of nitrogens with one attached hydrogen (secondary N) is 1. The summed E-state index contributed by atoms with van der Waals surface area (Å²) in [5, 5.41) is 8.13. The number of aromatic nitrogens is 3. The molecule has 1 aliphatic rings. The van der Waals surface area contributed by atoms with Gasteiger partial charge in [0.25, 0.3) is 0 Å². The maximum atomic E-state index is 10.9. The Morgan fingerprint density at radius 2 is 2.13 bits per heavy atom. The molecule has 118 valence electrons. The second-order valence-corrected chi connectivity index (χ2v) is 6.60. The molecule has 6 nitrogen and oxygen atoms in total. The number of rotatable bonds is 4. The maximum absolute atomic E-state index is 10.9. The van der Waals surface area contributed by atoms with Gasteiger partial charge in [-0.25, -0.2) is 9.50 Å². The van der Waals surface area contributed by atoms with E-state index in [1.54, 1.807) is 6.20 Å². The highest BCUT2D eigenvalue weighted by Gasteiger charge is 2.15. The van der Waals surface area contributed by atoms with Crippen molar-refractivity contribution in [3.8, 4) is 10.6 Å². The van der Waals surface area contributed by atoms with Gasteiger partial charge in [0.05, 0.1) is 16.0 Å². The van der Waals surface area contributed by atoms with E-state index in [0.29, 0.717) is 10.9 Å². The topological polar surface area (TPSA) is 68.5 Å². The smallest absolute Gasteiger partial charge is 0.160 e. The largest absolute Gasteiger partial charge is 0.381 e. The Bertz CT molecular complexity index is 836. The second kappa shape index (κ2) is 6.10. The highest BCUT2D eigenvalue weighted by atomic mass is 32.1. The van der Waals surface area contributed by atoms with Crippen molar-refractivity contribution < 1.29 is 9.53 Å². The first-order valence-electron chi connectivity index (χ1n) is 7.58. The fourth-order valence-corrected chi connectivity index (χ4v) is 3.54. The molecule has 1 aliphatic heterocycles. The summed E-state index contributed by atoms with van der Waals surface area (Å²) in [5.41, 5.74) is 1.69. The lowest BCUT2D eigenvalue weighted by Crippen LogP contribution is -2.28. The zero-order valence-electron chi connectivity index (χ0n) is 12.4. The number of carbonyl (C=O) groups is 1. The van der Waals surface area contributed by atoms with Gasteiger partial charge in [-0.2, -0.15) is 0 Å². The fraction of sp³-hybridized carbons (Fsp3) is 0.312. The van der Waals surface area contributed by atoms with Gasteiger partial charge in [-0.1, -0.05) is 0 Å². The summed E-state index contributed by atoms with van der Waals surface area (Å²) in [6, 6.07) is 8.04. The Hall–Kier alpha value is -2.25. The summed E-state index contributed by atoms with van der Waals surface area (Å²) in [6.07, 6.45) is 4.64. The number of ether oxygens (including phenoxy) is 1. The Morgan fingerprint density at radius 1 is 1.26 bits per heavy atom. The predicted molar refractivity (Wildman–Crippen MR) is 89.2 cm³/mol. The molecule has 1 saturated heterocycles. The van der Waals surface area contributed by atoms with E-state index < -0.39 is 0 Å². The van der Waals surface area contributed by atoms with Crippen LogP contribution in [0.15, 0.2) is 30.5 Å². The van der Waals surface area contributed by atoms with Crippen molar-refractivity contribution in [2.75, 3.05) is 18.5 Å². The van der Waals surface area contributed by atoms with Gasteiger partial charge < -0.3 is 10.1 Å². The van der Waals surface area contributed by atoms with Crippen molar-refractivity contribution >= 4 is 29.1 Å².